The first-order valence-corrected chi connectivity index (χ1v) is 14.7. The second-order valence-corrected chi connectivity index (χ2v) is 11.7. The summed E-state index contributed by atoms with van der Waals surface area (Å²) in [5.74, 6) is 1.69. The van der Waals surface area contributed by atoms with Crippen LogP contribution in [0, 0.1) is 0 Å². The van der Waals surface area contributed by atoms with Crippen molar-refractivity contribution in [3.05, 3.63) is 90.1 Å². The lowest BCUT2D eigenvalue weighted by Crippen LogP contribution is -2.15. The summed E-state index contributed by atoms with van der Waals surface area (Å²) in [5.41, 5.74) is 4.12. The zero-order chi connectivity index (χ0) is 29.1. The maximum Gasteiger partial charge on any atom is 0.257 e. The Hall–Kier alpha value is -4.97. The van der Waals surface area contributed by atoms with Gasteiger partial charge in [0.25, 0.3) is 5.91 Å². The molecule has 2 heterocycles. The number of benzene rings is 3. The Labute approximate surface area is 237 Å². The van der Waals surface area contributed by atoms with Crippen molar-refractivity contribution in [3.63, 3.8) is 0 Å². The fourth-order valence-electron chi connectivity index (χ4n) is 4.39. The highest BCUT2D eigenvalue weighted by atomic mass is 32.2. The van der Waals surface area contributed by atoms with Crippen molar-refractivity contribution in [1.29, 1.82) is 0 Å². The minimum absolute atomic E-state index is 0.0528. The number of para-hydroxylation sites is 1. The van der Waals surface area contributed by atoms with E-state index in [1.807, 2.05) is 47.8 Å². The van der Waals surface area contributed by atoms with Gasteiger partial charge in [0.2, 0.25) is 11.9 Å². The molecule has 3 aromatic carbocycles. The Balaban J connectivity index is 1.39. The predicted molar refractivity (Wildman–Crippen MR) is 160 cm³/mol. The van der Waals surface area contributed by atoms with Gasteiger partial charge in [-0.25, -0.2) is 18.4 Å². The molecular formula is C29H29N7O4S. The molecule has 2 aromatic heterocycles. The van der Waals surface area contributed by atoms with E-state index < -0.39 is 9.84 Å². The van der Waals surface area contributed by atoms with Gasteiger partial charge < -0.3 is 19.5 Å². The summed E-state index contributed by atoms with van der Waals surface area (Å²) in [4.78, 5) is 28.5. The van der Waals surface area contributed by atoms with Gasteiger partial charge in [0, 0.05) is 37.8 Å². The van der Waals surface area contributed by atoms with Crippen LogP contribution in [-0.4, -0.2) is 54.3 Å². The second kappa shape index (κ2) is 11.3. The molecule has 0 aliphatic heterocycles. The third kappa shape index (κ3) is 6.28. The van der Waals surface area contributed by atoms with Gasteiger partial charge in [0.15, 0.2) is 9.84 Å². The van der Waals surface area contributed by atoms with Crippen molar-refractivity contribution in [2.75, 3.05) is 35.9 Å². The van der Waals surface area contributed by atoms with Crippen LogP contribution in [0.2, 0.25) is 0 Å². The van der Waals surface area contributed by atoms with E-state index in [4.69, 9.17) is 9.72 Å². The fourth-order valence-corrected chi connectivity index (χ4v) is 5.17. The van der Waals surface area contributed by atoms with Crippen molar-refractivity contribution >= 4 is 55.9 Å². The fraction of sp³-hybridized carbons (Fsp3) is 0.172. The van der Waals surface area contributed by atoms with E-state index in [-0.39, 0.29) is 11.7 Å². The smallest absolute Gasteiger partial charge is 0.257 e. The molecule has 0 spiro atoms. The second-order valence-electron chi connectivity index (χ2n) is 9.51. The topological polar surface area (TPSA) is 131 Å². The zero-order valence-corrected chi connectivity index (χ0v) is 23.8. The van der Waals surface area contributed by atoms with Crippen LogP contribution in [0.1, 0.15) is 15.9 Å². The largest absolute Gasteiger partial charge is 0.497 e. The molecule has 0 radical (unpaired) electrons. The van der Waals surface area contributed by atoms with Crippen LogP contribution >= 0.6 is 0 Å². The summed E-state index contributed by atoms with van der Waals surface area (Å²) in [7, 11) is 2.13. The number of anilines is 5. The van der Waals surface area contributed by atoms with Crippen LogP contribution in [0.5, 0.6) is 5.75 Å². The molecule has 41 heavy (non-hydrogen) atoms. The highest BCUT2D eigenvalue weighted by Crippen LogP contribution is 2.32. The average Bonchev–Trinajstić information content (AvgIpc) is 3.27. The van der Waals surface area contributed by atoms with Crippen LogP contribution in [0.4, 0.5) is 29.1 Å². The Morgan fingerprint density at radius 1 is 1.02 bits per heavy atom. The number of hydrogen-bond donors (Lipinski definition) is 2. The summed E-state index contributed by atoms with van der Waals surface area (Å²) in [5, 5.41) is 6.05. The number of nitrogens with zero attached hydrogens (tertiary/aromatic N) is 5. The lowest BCUT2D eigenvalue weighted by Gasteiger charge is -2.19. The number of aromatic nitrogens is 4. The Morgan fingerprint density at radius 3 is 2.51 bits per heavy atom. The number of imidazole rings is 1. The highest BCUT2D eigenvalue weighted by Gasteiger charge is 2.18. The quantitative estimate of drug-likeness (QED) is 0.259. The Bertz CT molecular complexity index is 1840. The molecule has 1 amide bonds. The van der Waals surface area contributed by atoms with Gasteiger partial charge in [0.05, 0.1) is 24.1 Å². The molecule has 12 heteroatoms. The molecule has 210 valence electrons. The van der Waals surface area contributed by atoms with Crippen LogP contribution in [0.25, 0.3) is 11.0 Å². The monoisotopic (exact) mass is 571 g/mol. The highest BCUT2D eigenvalue weighted by molar-refractivity contribution is 7.89. The third-order valence-electron chi connectivity index (χ3n) is 6.43. The molecule has 0 atom stereocenters. The van der Waals surface area contributed by atoms with E-state index in [1.54, 1.807) is 61.8 Å². The number of rotatable bonds is 9. The minimum atomic E-state index is -3.16. The van der Waals surface area contributed by atoms with Gasteiger partial charge in [-0.1, -0.05) is 18.2 Å². The van der Waals surface area contributed by atoms with E-state index in [9.17, 15) is 13.2 Å². The molecule has 5 rings (SSSR count). The van der Waals surface area contributed by atoms with E-state index in [0.29, 0.717) is 45.8 Å². The zero-order valence-electron chi connectivity index (χ0n) is 23.0. The van der Waals surface area contributed by atoms with Crippen LogP contribution < -0.4 is 20.3 Å². The van der Waals surface area contributed by atoms with Crippen molar-refractivity contribution in [2.24, 2.45) is 7.05 Å². The van der Waals surface area contributed by atoms with Gasteiger partial charge in [-0.15, -0.1) is 0 Å². The summed E-state index contributed by atoms with van der Waals surface area (Å²) >= 11 is 0. The number of hydrogen-bond acceptors (Lipinski definition) is 9. The van der Waals surface area contributed by atoms with Crippen molar-refractivity contribution in [2.45, 2.75) is 5.75 Å². The van der Waals surface area contributed by atoms with E-state index >= 15 is 0 Å². The van der Waals surface area contributed by atoms with Crippen LogP contribution in [-0.2, 0) is 22.6 Å². The molecule has 0 saturated heterocycles. The Morgan fingerprint density at radius 2 is 1.78 bits per heavy atom. The minimum Gasteiger partial charge on any atom is -0.497 e. The Kier molecular flexibility index (Phi) is 7.58. The molecule has 5 aromatic rings. The normalized spacial score (nSPS) is 11.3. The number of carbonyl (C=O) groups is 1. The molecule has 0 bridgehead atoms. The first-order chi connectivity index (χ1) is 19.6. The first-order valence-electron chi connectivity index (χ1n) is 12.6. The summed E-state index contributed by atoms with van der Waals surface area (Å²) in [6, 6.07) is 21.5. The van der Waals surface area contributed by atoms with E-state index in [0.717, 1.165) is 11.2 Å². The molecule has 0 unspecified atom stereocenters. The maximum atomic E-state index is 12.9. The van der Waals surface area contributed by atoms with Gasteiger partial charge in [-0.2, -0.15) is 4.98 Å². The lowest BCUT2D eigenvalue weighted by atomic mass is 10.2. The first kappa shape index (κ1) is 27.6. The number of amides is 1. The number of nitrogens with one attached hydrogen (secondary N) is 2. The number of methoxy groups -OCH3 is 1. The van der Waals surface area contributed by atoms with Crippen LogP contribution in [0.15, 0.2) is 79.0 Å². The summed E-state index contributed by atoms with van der Waals surface area (Å²) < 4.78 is 30.4. The molecule has 11 nitrogen and oxygen atoms in total. The predicted octanol–water partition coefficient (Wildman–Crippen LogP) is 4.68. The van der Waals surface area contributed by atoms with E-state index in [2.05, 4.69) is 20.6 Å². The average molecular weight is 572 g/mol. The lowest BCUT2D eigenvalue weighted by molar-refractivity contribution is 0.102. The maximum absolute atomic E-state index is 12.9. The number of sulfone groups is 1. The van der Waals surface area contributed by atoms with Gasteiger partial charge >= 0.3 is 0 Å². The molecular weight excluding hydrogens is 542 g/mol. The molecule has 0 aliphatic rings. The number of aryl methyl sites for hydroxylation is 1. The summed E-state index contributed by atoms with van der Waals surface area (Å²) in [6.45, 7) is 0. The summed E-state index contributed by atoms with van der Waals surface area (Å²) in [6.07, 6.45) is 2.84. The van der Waals surface area contributed by atoms with E-state index in [1.165, 1.54) is 6.26 Å². The number of fused-ring (bicyclic) bond motifs is 1. The SMILES string of the molecule is COc1ccc(C(=O)Nc2nc3c(N(C)c4ccnc(Nc5cccc(CS(C)(=O)=O)c5)n4)cccc3n2C)cc1. The molecule has 0 fully saturated rings. The number of carbonyl (C=O) groups excluding carboxylic acids is 1. The third-order valence-corrected chi connectivity index (χ3v) is 7.28. The molecule has 0 aliphatic carbocycles. The molecule has 0 saturated carbocycles. The van der Waals surface area contributed by atoms with Crippen molar-refractivity contribution in [1.82, 2.24) is 19.5 Å². The standard InChI is InChI=1S/C29H29N7O4S/c1-35(25-15-16-30-28(32-25)31-21-8-5-7-19(17-21)18-41(4,38)39)23-9-6-10-24-26(23)33-29(36(24)2)34-27(37)20-11-13-22(40-3)14-12-20/h5-17H,18H2,1-4H3,(H,30,31,32)(H,33,34,37). The van der Waals surface area contributed by atoms with Gasteiger partial charge in [-0.3, -0.25) is 10.1 Å². The van der Waals surface area contributed by atoms with Gasteiger partial charge in [0.1, 0.15) is 17.1 Å². The molecule has 2 N–H and O–H groups in total. The van der Waals surface area contributed by atoms with Crippen molar-refractivity contribution < 1.29 is 17.9 Å². The van der Waals surface area contributed by atoms with Gasteiger partial charge in [-0.05, 0) is 60.2 Å². The van der Waals surface area contributed by atoms with Crippen LogP contribution in [0.3, 0.4) is 0 Å². The number of ether oxygens (including phenoxy) is 1. The van der Waals surface area contributed by atoms with Crippen molar-refractivity contribution in [3.8, 4) is 5.75 Å².